The zero-order valence-corrected chi connectivity index (χ0v) is 7.42. The maximum Gasteiger partial charge on any atom is 0.328 e. The van der Waals surface area contributed by atoms with Crippen molar-refractivity contribution in [2.75, 3.05) is 0 Å². The molecule has 0 spiro atoms. The van der Waals surface area contributed by atoms with E-state index in [1.54, 1.807) is 0 Å². The molecular weight excluding hydrogens is 190 g/mol. The molecule has 14 heavy (non-hydrogen) atoms. The fourth-order valence-corrected chi connectivity index (χ4v) is 1.03. The highest BCUT2D eigenvalue weighted by Gasteiger charge is 2.07. The highest BCUT2D eigenvalue weighted by Crippen LogP contribution is 2.17. The van der Waals surface area contributed by atoms with Gasteiger partial charge in [0.15, 0.2) is 0 Å². The highest BCUT2D eigenvalue weighted by molar-refractivity contribution is 5.85. The first kappa shape index (κ1) is 10.4. The topological polar surface area (TPSA) is 37.3 Å². The van der Waals surface area contributed by atoms with Gasteiger partial charge in [0.2, 0.25) is 0 Å². The van der Waals surface area contributed by atoms with Gasteiger partial charge in [0.1, 0.15) is 11.6 Å². The standard InChI is InChI=1S/C10H8F2O2/c1-6-7(2-5-10(13)14)9(12)4-3-8(6)11/h2-5H,1H3,(H,13,14). The summed E-state index contributed by atoms with van der Waals surface area (Å²) < 4.78 is 26.0. The SMILES string of the molecule is Cc1c(F)ccc(F)c1C=CC(=O)O. The molecule has 0 heterocycles. The van der Waals surface area contributed by atoms with Crippen LogP contribution in [0.25, 0.3) is 6.08 Å². The Morgan fingerprint density at radius 1 is 1.36 bits per heavy atom. The third kappa shape index (κ3) is 2.16. The lowest BCUT2D eigenvalue weighted by molar-refractivity contribution is -0.131. The molecule has 0 aliphatic rings. The molecule has 0 amide bonds. The molecule has 0 unspecified atom stereocenters. The van der Waals surface area contributed by atoms with Gasteiger partial charge in [-0.15, -0.1) is 0 Å². The van der Waals surface area contributed by atoms with E-state index < -0.39 is 17.6 Å². The fourth-order valence-electron chi connectivity index (χ4n) is 1.03. The molecule has 0 aliphatic heterocycles. The lowest BCUT2D eigenvalue weighted by atomic mass is 10.1. The predicted molar refractivity (Wildman–Crippen MR) is 47.8 cm³/mol. The van der Waals surface area contributed by atoms with E-state index in [4.69, 9.17) is 5.11 Å². The summed E-state index contributed by atoms with van der Waals surface area (Å²) in [5.74, 6) is -2.40. The Morgan fingerprint density at radius 2 is 1.93 bits per heavy atom. The smallest absolute Gasteiger partial charge is 0.328 e. The van der Waals surface area contributed by atoms with Gasteiger partial charge in [-0.25, -0.2) is 13.6 Å². The fraction of sp³-hybridized carbons (Fsp3) is 0.100. The monoisotopic (exact) mass is 198 g/mol. The van der Waals surface area contributed by atoms with Crippen LogP contribution in [0.5, 0.6) is 0 Å². The Kier molecular flexibility index (Phi) is 2.96. The Morgan fingerprint density at radius 3 is 2.50 bits per heavy atom. The third-order valence-corrected chi connectivity index (χ3v) is 1.79. The Balaban J connectivity index is 3.19. The number of hydrogen-bond donors (Lipinski definition) is 1. The summed E-state index contributed by atoms with van der Waals surface area (Å²) in [6.45, 7) is 1.39. The summed E-state index contributed by atoms with van der Waals surface area (Å²) in [5, 5.41) is 8.32. The molecule has 0 fully saturated rings. The summed E-state index contributed by atoms with van der Waals surface area (Å²) in [5.41, 5.74) is 0.0647. The molecule has 0 bridgehead atoms. The van der Waals surface area contributed by atoms with E-state index in [9.17, 15) is 13.6 Å². The third-order valence-electron chi connectivity index (χ3n) is 1.79. The lowest BCUT2D eigenvalue weighted by Crippen LogP contribution is -1.93. The molecule has 0 aliphatic carbocycles. The minimum absolute atomic E-state index is 0.0348. The number of benzene rings is 1. The molecule has 0 radical (unpaired) electrons. The number of carboxylic acids is 1. The van der Waals surface area contributed by atoms with Crippen molar-refractivity contribution in [1.29, 1.82) is 0 Å². The molecule has 74 valence electrons. The van der Waals surface area contributed by atoms with Gasteiger partial charge in [-0.1, -0.05) is 0 Å². The van der Waals surface area contributed by atoms with Gasteiger partial charge in [0.05, 0.1) is 0 Å². The molecule has 2 nitrogen and oxygen atoms in total. The van der Waals surface area contributed by atoms with Crippen LogP contribution in [0.4, 0.5) is 8.78 Å². The van der Waals surface area contributed by atoms with Crippen molar-refractivity contribution < 1.29 is 18.7 Å². The molecule has 1 aromatic carbocycles. The average molecular weight is 198 g/mol. The van der Waals surface area contributed by atoms with Crippen LogP contribution < -0.4 is 0 Å². The number of hydrogen-bond acceptors (Lipinski definition) is 1. The molecule has 4 heteroatoms. The van der Waals surface area contributed by atoms with Gasteiger partial charge < -0.3 is 5.11 Å². The van der Waals surface area contributed by atoms with Crippen molar-refractivity contribution in [1.82, 2.24) is 0 Å². The van der Waals surface area contributed by atoms with Gasteiger partial charge in [0.25, 0.3) is 0 Å². The zero-order valence-electron chi connectivity index (χ0n) is 7.42. The van der Waals surface area contributed by atoms with Gasteiger partial charge in [-0.05, 0) is 30.7 Å². The molecule has 0 aromatic heterocycles. The van der Waals surface area contributed by atoms with E-state index >= 15 is 0 Å². The lowest BCUT2D eigenvalue weighted by Gasteiger charge is -2.02. The Labute approximate surface area is 79.5 Å². The maximum absolute atomic E-state index is 13.1. The molecule has 0 saturated heterocycles. The number of carboxylic acid groups (broad SMARTS) is 1. The second-order valence-corrected chi connectivity index (χ2v) is 2.74. The summed E-state index contributed by atoms with van der Waals surface area (Å²) in [4.78, 5) is 10.2. The number of rotatable bonds is 2. The summed E-state index contributed by atoms with van der Waals surface area (Å²) >= 11 is 0. The molecule has 0 saturated carbocycles. The predicted octanol–water partition coefficient (Wildman–Crippen LogP) is 2.37. The number of halogens is 2. The molecule has 1 aromatic rings. The van der Waals surface area contributed by atoms with Crippen LogP contribution in [0, 0.1) is 18.6 Å². The van der Waals surface area contributed by atoms with Gasteiger partial charge >= 0.3 is 5.97 Å². The van der Waals surface area contributed by atoms with Crippen molar-refractivity contribution >= 4 is 12.0 Å². The maximum atomic E-state index is 13.1. The van der Waals surface area contributed by atoms with Gasteiger partial charge in [-0.2, -0.15) is 0 Å². The largest absolute Gasteiger partial charge is 0.478 e. The van der Waals surface area contributed by atoms with Crippen LogP contribution in [0.1, 0.15) is 11.1 Å². The Hall–Kier alpha value is -1.71. The van der Waals surface area contributed by atoms with Gasteiger partial charge in [-0.3, -0.25) is 0 Å². The minimum Gasteiger partial charge on any atom is -0.478 e. The van der Waals surface area contributed by atoms with Crippen molar-refractivity contribution in [2.45, 2.75) is 6.92 Å². The van der Waals surface area contributed by atoms with Crippen LogP contribution in [-0.2, 0) is 4.79 Å². The van der Waals surface area contributed by atoms with Crippen molar-refractivity contribution in [3.8, 4) is 0 Å². The number of carbonyl (C=O) groups is 1. The van der Waals surface area contributed by atoms with Crippen molar-refractivity contribution in [2.24, 2.45) is 0 Å². The highest BCUT2D eigenvalue weighted by atomic mass is 19.1. The van der Waals surface area contributed by atoms with Gasteiger partial charge in [0, 0.05) is 11.6 Å². The normalized spacial score (nSPS) is 10.8. The van der Waals surface area contributed by atoms with E-state index in [1.807, 2.05) is 0 Å². The summed E-state index contributed by atoms with van der Waals surface area (Å²) in [6, 6.07) is 1.96. The Bertz CT molecular complexity index is 397. The van der Waals surface area contributed by atoms with E-state index in [-0.39, 0.29) is 11.1 Å². The van der Waals surface area contributed by atoms with E-state index in [0.29, 0.717) is 0 Å². The first-order valence-corrected chi connectivity index (χ1v) is 3.88. The summed E-state index contributed by atoms with van der Waals surface area (Å²) in [6.07, 6.45) is 1.81. The van der Waals surface area contributed by atoms with Crippen molar-refractivity contribution in [3.05, 3.63) is 41.0 Å². The quantitative estimate of drug-likeness (QED) is 0.740. The minimum atomic E-state index is -1.20. The number of aliphatic carboxylic acids is 1. The van der Waals surface area contributed by atoms with Crippen LogP contribution in [-0.4, -0.2) is 11.1 Å². The van der Waals surface area contributed by atoms with E-state index in [0.717, 1.165) is 24.3 Å². The summed E-state index contributed by atoms with van der Waals surface area (Å²) in [7, 11) is 0. The van der Waals surface area contributed by atoms with Crippen LogP contribution in [0.15, 0.2) is 18.2 Å². The van der Waals surface area contributed by atoms with Crippen molar-refractivity contribution in [3.63, 3.8) is 0 Å². The molecule has 1 N–H and O–H groups in total. The molecule has 1 rings (SSSR count). The van der Waals surface area contributed by atoms with Crippen LogP contribution in [0.3, 0.4) is 0 Å². The van der Waals surface area contributed by atoms with E-state index in [1.165, 1.54) is 6.92 Å². The van der Waals surface area contributed by atoms with E-state index in [2.05, 4.69) is 0 Å². The molecule has 0 atom stereocenters. The second kappa shape index (κ2) is 4.00. The zero-order chi connectivity index (χ0) is 10.7. The van der Waals surface area contributed by atoms with Crippen LogP contribution in [0.2, 0.25) is 0 Å². The second-order valence-electron chi connectivity index (χ2n) is 2.74. The first-order chi connectivity index (χ1) is 6.52. The first-order valence-electron chi connectivity index (χ1n) is 3.88. The molecular formula is C10H8F2O2. The average Bonchev–Trinajstić information content (AvgIpc) is 2.11. The van der Waals surface area contributed by atoms with Crippen LogP contribution >= 0.6 is 0 Å².